The van der Waals surface area contributed by atoms with Crippen LogP contribution in [0.3, 0.4) is 0 Å². The molecule has 1 nitrogen and oxygen atoms in total. The number of allylic oxidation sites excluding steroid dienone is 5. The van der Waals surface area contributed by atoms with E-state index < -0.39 is 0 Å². The molecule has 0 spiro atoms. The van der Waals surface area contributed by atoms with E-state index in [1.165, 1.54) is 0 Å². The smallest absolute Gasteiger partial charge is 0.150 e. The van der Waals surface area contributed by atoms with E-state index in [0.29, 0.717) is 0 Å². The van der Waals surface area contributed by atoms with Gasteiger partial charge in [-0.1, -0.05) is 24.3 Å². The van der Waals surface area contributed by atoms with Gasteiger partial charge in [-0.05, 0) is 29.5 Å². The Hall–Kier alpha value is -1.41. The van der Waals surface area contributed by atoms with Gasteiger partial charge in [-0.25, -0.2) is 0 Å². The molecule has 0 bridgehead atoms. The monoisotopic (exact) mass is 202 g/mol. The lowest BCUT2D eigenvalue weighted by atomic mass is 10.1. The zero-order valence-corrected chi connectivity index (χ0v) is 8.46. The quantitative estimate of drug-likeness (QED) is 0.543. The number of carbonyl (C=O) groups excluding carboxylic acids is 1. The Balaban J connectivity index is 2.29. The normalized spacial score (nSPS) is 15.7. The maximum Gasteiger partial charge on any atom is 0.150 e. The van der Waals surface area contributed by atoms with Crippen LogP contribution in [0.2, 0.25) is 0 Å². The average molecular weight is 202 g/mol. The van der Waals surface area contributed by atoms with Crippen LogP contribution in [0.1, 0.15) is 11.3 Å². The van der Waals surface area contributed by atoms with Crippen LogP contribution in [-0.2, 0) is 4.79 Å². The first-order valence-corrected chi connectivity index (χ1v) is 5.35. The minimum absolute atomic E-state index is 0.765. The van der Waals surface area contributed by atoms with E-state index in [1.54, 1.807) is 11.3 Å². The first-order valence-electron chi connectivity index (χ1n) is 4.47. The molecule has 0 saturated carbocycles. The Bertz CT molecular complexity index is 408. The number of carbonyl (C=O) groups is 1. The molecule has 2 rings (SSSR count). The fourth-order valence-corrected chi connectivity index (χ4v) is 2.05. The summed E-state index contributed by atoms with van der Waals surface area (Å²) in [7, 11) is 0. The average Bonchev–Trinajstić information content (AvgIpc) is 2.86. The van der Waals surface area contributed by atoms with Gasteiger partial charge >= 0.3 is 0 Å². The molecule has 14 heavy (non-hydrogen) atoms. The van der Waals surface area contributed by atoms with Crippen molar-refractivity contribution in [3.05, 3.63) is 51.8 Å². The highest BCUT2D eigenvalue weighted by atomic mass is 32.1. The van der Waals surface area contributed by atoms with Crippen LogP contribution in [0.15, 0.2) is 46.9 Å². The zero-order chi connectivity index (χ0) is 9.80. The highest BCUT2D eigenvalue weighted by Gasteiger charge is 2.04. The third kappa shape index (κ3) is 1.91. The molecule has 1 aliphatic carbocycles. The van der Waals surface area contributed by atoms with Crippen molar-refractivity contribution in [2.45, 2.75) is 6.42 Å². The van der Waals surface area contributed by atoms with Crippen LogP contribution in [0.5, 0.6) is 0 Å². The van der Waals surface area contributed by atoms with Crippen molar-refractivity contribution in [2.24, 2.45) is 0 Å². The predicted molar refractivity (Wildman–Crippen MR) is 60.2 cm³/mol. The Morgan fingerprint density at radius 3 is 3.00 bits per heavy atom. The standard InChI is InChI=1S/C12H10OS/c13-9-11(10-4-1-2-5-10)8-12-6-3-7-14-12/h1,3-9H,2H2/b11-8+. The molecule has 0 fully saturated rings. The number of rotatable bonds is 3. The summed E-state index contributed by atoms with van der Waals surface area (Å²) in [4.78, 5) is 12.0. The van der Waals surface area contributed by atoms with E-state index in [1.807, 2.05) is 29.7 Å². The Labute approximate surface area is 87.1 Å². The number of hydrogen-bond donors (Lipinski definition) is 0. The highest BCUT2D eigenvalue weighted by molar-refractivity contribution is 7.10. The van der Waals surface area contributed by atoms with E-state index in [-0.39, 0.29) is 0 Å². The fourth-order valence-electron chi connectivity index (χ4n) is 1.38. The summed E-state index contributed by atoms with van der Waals surface area (Å²) in [6.45, 7) is 0. The van der Waals surface area contributed by atoms with Crippen molar-refractivity contribution in [2.75, 3.05) is 0 Å². The van der Waals surface area contributed by atoms with Crippen molar-refractivity contribution < 1.29 is 4.79 Å². The van der Waals surface area contributed by atoms with Gasteiger partial charge in [-0.3, -0.25) is 4.79 Å². The summed E-state index contributed by atoms with van der Waals surface area (Å²) >= 11 is 1.64. The molecule has 0 aromatic carbocycles. The van der Waals surface area contributed by atoms with Crippen molar-refractivity contribution in [3.8, 4) is 0 Å². The SMILES string of the molecule is O=C/C(=C\c1cccs1)C1=CCC=C1. The molecule has 70 valence electrons. The zero-order valence-electron chi connectivity index (χ0n) is 7.64. The third-order valence-corrected chi connectivity index (χ3v) is 2.89. The second kappa shape index (κ2) is 4.20. The molecule has 1 aromatic rings. The molecular formula is C12H10OS. The number of aldehydes is 1. The second-order valence-electron chi connectivity index (χ2n) is 3.03. The summed E-state index contributed by atoms with van der Waals surface area (Å²) in [5, 5.41) is 2.01. The molecule has 0 saturated heterocycles. The lowest BCUT2D eigenvalue weighted by Gasteiger charge is -1.96. The Morgan fingerprint density at radius 2 is 2.43 bits per heavy atom. The largest absolute Gasteiger partial charge is 0.298 e. The molecule has 1 aliphatic rings. The van der Waals surface area contributed by atoms with Gasteiger partial charge in [-0.2, -0.15) is 0 Å². The van der Waals surface area contributed by atoms with Crippen molar-refractivity contribution in [1.29, 1.82) is 0 Å². The van der Waals surface area contributed by atoms with Gasteiger partial charge in [0.1, 0.15) is 0 Å². The lowest BCUT2D eigenvalue weighted by Crippen LogP contribution is -1.85. The first kappa shape index (κ1) is 9.16. The molecule has 0 aliphatic heterocycles. The van der Waals surface area contributed by atoms with Crippen LogP contribution in [0, 0.1) is 0 Å². The molecule has 1 heterocycles. The van der Waals surface area contributed by atoms with E-state index in [0.717, 1.165) is 28.7 Å². The lowest BCUT2D eigenvalue weighted by molar-refractivity contribution is -0.104. The summed E-state index contributed by atoms with van der Waals surface area (Å²) in [6.07, 6.45) is 9.90. The van der Waals surface area contributed by atoms with Gasteiger partial charge in [0.25, 0.3) is 0 Å². The molecule has 2 heteroatoms. The molecule has 0 unspecified atom stereocenters. The van der Waals surface area contributed by atoms with Crippen LogP contribution < -0.4 is 0 Å². The van der Waals surface area contributed by atoms with Gasteiger partial charge in [-0.15, -0.1) is 11.3 Å². The maximum absolute atomic E-state index is 10.9. The van der Waals surface area contributed by atoms with E-state index >= 15 is 0 Å². The fraction of sp³-hybridized carbons (Fsp3) is 0.0833. The topological polar surface area (TPSA) is 17.1 Å². The van der Waals surface area contributed by atoms with Gasteiger partial charge in [0.15, 0.2) is 6.29 Å². The van der Waals surface area contributed by atoms with Crippen molar-refractivity contribution >= 4 is 23.7 Å². The Kier molecular flexibility index (Phi) is 2.75. The maximum atomic E-state index is 10.9. The molecule has 0 N–H and O–H groups in total. The van der Waals surface area contributed by atoms with Gasteiger partial charge in [0, 0.05) is 10.5 Å². The van der Waals surface area contributed by atoms with Gasteiger partial charge in [0.05, 0.1) is 0 Å². The molecular weight excluding hydrogens is 192 g/mol. The van der Waals surface area contributed by atoms with Crippen LogP contribution in [0.4, 0.5) is 0 Å². The van der Waals surface area contributed by atoms with Crippen LogP contribution >= 0.6 is 11.3 Å². The second-order valence-corrected chi connectivity index (χ2v) is 4.01. The molecule has 0 amide bonds. The Morgan fingerprint density at radius 1 is 1.50 bits per heavy atom. The number of thiophene rings is 1. The first-order chi connectivity index (χ1) is 6.90. The van der Waals surface area contributed by atoms with E-state index in [9.17, 15) is 4.79 Å². The minimum atomic E-state index is 0.765. The van der Waals surface area contributed by atoms with E-state index in [4.69, 9.17) is 0 Å². The van der Waals surface area contributed by atoms with Crippen molar-refractivity contribution in [3.63, 3.8) is 0 Å². The molecule has 0 atom stereocenters. The van der Waals surface area contributed by atoms with Gasteiger partial charge < -0.3 is 0 Å². The summed E-state index contributed by atoms with van der Waals surface area (Å²) in [5.74, 6) is 0. The summed E-state index contributed by atoms with van der Waals surface area (Å²) in [6, 6.07) is 3.99. The summed E-state index contributed by atoms with van der Waals surface area (Å²) in [5.41, 5.74) is 1.80. The van der Waals surface area contributed by atoms with E-state index in [2.05, 4.69) is 12.2 Å². The van der Waals surface area contributed by atoms with Gasteiger partial charge in [0.2, 0.25) is 0 Å². The predicted octanol–water partition coefficient (Wildman–Crippen LogP) is 3.22. The van der Waals surface area contributed by atoms with Crippen LogP contribution in [0.25, 0.3) is 6.08 Å². The minimum Gasteiger partial charge on any atom is -0.298 e. The number of hydrogen-bond acceptors (Lipinski definition) is 2. The highest BCUT2D eigenvalue weighted by Crippen LogP contribution is 2.21. The van der Waals surface area contributed by atoms with Crippen molar-refractivity contribution in [1.82, 2.24) is 0 Å². The van der Waals surface area contributed by atoms with Crippen LogP contribution in [-0.4, -0.2) is 6.29 Å². The molecule has 1 aromatic heterocycles. The molecule has 0 radical (unpaired) electrons. The third-order valence-electron chi connectivity index (χ3n) is 2.07. The summed E-state index contributed by atoms with van der Waals surface area (Å²) < 4.78 is 0.